The number of benzene rings is 1. The van der Waals surface area contributed by atoms with Gasteiger partial charge < -0.3 is 15.4 Å². The van der Waals surface area contributed by atoms with Gasteiger partial charge in [0.15, 0.2) is 0 Å². The van der Waals surface area contributed by atoms with Gasteiger partial charge in [-0.2, -0.15) is 0 Å². The number of carbonyl (C=O) groups is 1. The van der Waals surface area contributed by atoms with Crippen molar-refractivity contribution < 1.29 is 9.53 Å². The zero-order valence-corrected chi connectivity index (χ0v) is 15.7. The molecule has 5 nitrogen and oxygen atoms in total. The van der Waals surface area contributed by atoms with E-state index in [1.165, 1.54) is 5.56 Å². The standard InChI is InChI=1S/C17H25N3O2.2ClH/c1-13-2-4-14(5-3-13)16(18)17(21)20-7-6-15(12-20)19-8-10-22-11-9-19;;/h2-5,15-16H,6-12,18H2,1H3;2*1H. The van der Waals surface area contributed by atoms with Gasteiger partial charge in [-0.05, 0) is 18.9 Å². The second-order valence-electron chi connectivity index (χ2n) is 6.26. The largest absolute Gasteiger partial charge is 0.379 e. The third-order valence-corrected chi connectivity index (χ3v) is 4.74. The second-order valence-corrected chi connectivity index (χ2v) is 6.26. The summed E-state index contributed by atoms with van der Waals surface area (Å²) < 4.78 is 5.40. The number of likely N-dealkylation sites (tertiary alicyclic amines) is 1. The molecule has 1 amide bonds. The quantitative estimate of drug-likeness (QED) is 0.874. The van der Waals surface area contributed by atoms with Gasteiger partial charge in [-0.15, -0.1) is 24.8 Å². The fourth-order valence-corrected chi connectivity index (χ4v) is 3.30. The van der Waals surface area contributed by atoms with Crippen molar-refractivity contribution in [2.45, 2.75) is 25.4 Å². The number of halogens is 2. The summed E-state index contributed by atoms with van der Waals surface area (Å²) in [6.07, 6.45) is 1.03. The maximum absolute atomic E-state index is 12.6. The van der Waals surface area contributed by atoms with E-state index in [9.17, 15) is 4.79 Å². The van der Waals surface area contributed by atoms with Crippen molar-refractivity contribution in [1.82, 2.24) is 9.80 Å². The maximum atomic E-state index is 12.6. The molecule has 1 aromatic carbocycles. The first-order valence-electron chi connectivity index (χ1n) is 8.08. The Hall–Kier alpha value is -0.850. The number of hydrogen-bond acceptors (Lipinski definition) is 4. The molecule has 1 aromatic rings. The van der Waals surface area contributed by atoms with Crippen molar-refractivity contribution in [1.29, 1.82) is 0 Å². The average Bonchev–Trinajstić information content (AvgIpc) is 3.05. The number of nitrogens with zero attached hydrogens (tertiary/aromatic N) is 2. The van der Waals surface area contributed by atoms with Crippen molar-refractivity contribution in [2.24, 2.45) is 5.73 Å². The highest BCUT2D eigenvalue weighted by Crippen LogP contribution is 2.21. The van der Waals surface area contributed by atoms with Crippen LogP contribution in [0.25, 0.3) is 0 Å². The summed E-state index contributed by atoms with van der Waals surface area (Å²) in [6, 6.07) is 7.81. The molecular formula is C17H27Cl2N3O2. The third-order valence-electron chi connectivity index (χ3n) is 4.74. The van der Waals surface area contributed by atoms with Crippen LogP contribution < -0.4 is 5.73 Å². The van der Waals surface area contributed by atoms with Gasteiger partial charge in [-0.25, -0.2) is 0 Å². The summed E-state index contributed by atoms with van der Waals surface area (Å²) in [5, 5.41) is 0. The normalized spacial score (nSPS) is 22.4. The number of amides is 1. The lowest BCUT2D eigenvalue weighted by Gasteiger charge is -2.32. The van der Waals surface area contributed by atoms with Crippen LogP contribution in [0.1, 0.15) is 23.6 Å². The van der Waals surface area contributed by atoms with E-state index in [4.69, 9.17) is 10.5 Å². The molecule has 7 heteroatoms. The number of hydrogen-bond donors (Lipinski definition) is 1. The van der Waals surface area contributed by atoms with Gasteiger partial charge in [-0.1, -0.05) is 29.8 Å². The van der Waals surface area contributed by atoms with E-state index in [2.05, 4.69) is 4.90 Å². The Kier molecular flexibility index (Phi) is 8.46. The van der Waals surface area contributed by atoms with E-state index < -0.39 is 6.04 Å². The van der Waals surface area contributed by atoms with Gasteiger partial charge in [0.25, 0.3) is 0 Å². The van der Waals surface area contributed by atoms with Gasteiger partial charge in [0.2, 0.25) is 5.91 Å². The van der Waals surface area contributed by atoms with Gasteiger partial charge in [0.1, 0.15) is 6.04 Å². The molecule has 0 saturated carbocycles. The molecule has 2 atom stereocenters. The summed E-state index contributed by atoms with van der Waals surface area (Å²) in [4.78, 5) is 17.0. The minimum atomic E-state index is -0.552. The maximum Gasteiger partial charge on any atom is 0.244 e. The predicted octanol–water partition coefficient (Wildman–Crippen LogP) is 1.77. The fourth-order valence-electron chi connectivity index (χ4n) is 3.30. The van der Waals surface area contributed by atoms with Crippen LogP contribution in [0, 0.1) is 6.92 Å². The van der Waals surface area contributed by atoms with Crippen molar-refractivity contribution >= 4 is 30.7 Å². The van der Waals surface area contributed by atoms with Crippen LogP contribution in [0.15, 0.2) is 24.3 Å². The molecule has 0 aliphatic carbocycles. The van der Waals surface area contributed by atoms with Gasteiger partial charge in [0.05, 0.1) is 13.2 Å². The fraction of sp³-hybridized carbons (Fsp3) is 0.588. The molecule has 2 N–H and O–H groups in total. The molecule has 0 radical (unpaired) electrons. The minimum Gasteiger partial charge on any atom is -0.379 e. The van der Waals surface area contributed by atoms with E-state index >= 15 is 0 Å². The molecular weight excluding hydrogens is 349 g/mol. The lowest BCUT2D eigenvalue weighted by molar-refractivity contribution is -0.131. The summed E-state index contributed by atoms with van der Waals surface area (Å²) >= 11 is 0. The van der Waals surface area contributed by atoms with Crippen LogP contribution in [0.2, 0.25) is 0 Å². The first-order chi connectivity index (χ1) is 10.6. The highest BCUT2D eigenvalue weighted by Gasteiger charge is 2.33. The number of nitrogens with two attached hydrogens (primary N) is 1. The first-order valence-corrected chi connectivity index (χ1v) is 8.08. The molecule has 3 rings (SSSR count). The number of morpholine rings is 1. The van der Waals surface area contributed by atoms with Crippen molar-refractivity contribution in [2.75, 3.05) is 39.4 Å². The SMILES string of the molecule is Cc1ccc(C(N)C(=O)N2CCC(N3CCOCC3)C2)cc1.Cl.Cl. The molecule has 2 fully saturated rings. The first kappa shape index (κ1) is 21.2. The number of aryl methyl sites for hydroxylation is 1. The van der Waals surface area contributed by atoms with Crippen molar-refractivity contribution in [3.63, 3.8) is 0 Å². The second kappa shape index (κ2) is 9.59. The molecule has 2 unspecified atom stereocenters. The molecule has 0 bridgehead atoms. The van der Waals surface area contributed by atoms with Crippen LogP contribution >= 0.6 is 24.8 Å². The number of rotatable bonds is 3. The van der Waals surface area contributed by atoms with Crippen LogP contribution in [-0.4, -0.2) is 61.1 Å². The molecule has 2 aliphatic heterocycles. The Morgan fingerprint density at radius 2 is 1.79 bits per heavy atom. The van der Waals surface area contributed by atoms with Crippen molar-refractivity contribution in [3.05, 3.63) is 35.4 Å². The summed E-state index contributed by atoms with van der Waals surface area (Å²) in [5.41, 5.74) is 8.24. The molecule has 136 valence electrons. The molecule has 2 heterocycles. The van der Waals surface area contributed by atoms with E-state index in [0.29, 0.717) is 6.04 Å². The lowest BCUT2D eigenvalue weighted by atomic mass is 10.0. The Morgan fingerprint density at radius 3 is 2.42 bits per heavy atom. The molecule has 24 heavy (non-hydrogen) atoms. The van der Waals surface area contributed by atoms with Crippen molar-refractivity contribution in [3.8, 4) is 0 Å². The highest BCUT2D eigenvalue weighted by atomic mass is 35.5. The lowest BCUT2D eigenvalue weighted by Crippen LogP contribution is -2.46. The van der Waals surface area contributed by atoms with Crippen LogP contribution in [0.5, 0.6) is 0 Å². The molecule has 0 spiro atoms. The van der Waals surface area contributed by atoms with E-state index in [1.807, 2.05) is 36.1 Å². The number of carbonyl (C=O) groups excluding carboxylic acids is 1. The number of ether oxygens (including phenoxy) is 1. The van der Waals surface area contributed by atoms with Gasteiger partial charge >= 0.3 is 0 Å². The smallest absolute Gasteiger partial charge is 0.244 e. The highest BCUT2D eigenvalue weighted by molar-refractivity contribution is 5.85. The Labute approximate surface area is 156 Å². The zero-order valence-electron chi connectivity index (χ0n) is 14.0. The summed E-state index contributed by atoms with van der Waals surface area (Å²) in [7, 11) is 0. The van der Waals surface area contributed by atoms with Crippen LogP contribution in [-0.2, 0) is 9.53 Å². The van der Waals surface area contributed by atoms with E-state index in [1.54, 1.807) is 0 Å². The Bertz CT molecular complexity index is 521. The van der Waals surface area contributed by atoms with Gasteiger partial charge in [-0.3, -0.25) is 9.69 Å². The molecule has 0 aromatic heterocycles. The molecule has 2 aliphatic rings. The minimum absolute atomic E-state index is 0. The third kappa shape index (κ3) is 4.83. The Morgan fingerprint density at radius 1 is 1.17 bits per heavy atom. The zero-order chi connectivity index (χ0) is 15.5. The topological polar surface area (TPSA) is 58.8 Å². The van der Waals surface area contributed by atoms with Crippen LogP contribution in [0.3, 0.4) is 0 Å². The summed E-state index contributed by atoms with van der Waals surface area (Å²) in [6.45, 7) is 7.16. The molecule has 2 saturated heterocycles. The monoisotopic (exact) mass is 375 g/mol. The van der Waals surface area contributed by atoms with E-state index in [0.717, 1.165) is 51.4 Å². The average molecular weight is 376 g/mol. The summed E-state index contributed by atoms with van der Waals surface area (Å²) in [5.74, 6) is 0.0413. The van der Waals surface area contributed by atoms with Gasteiger partial charge in [0, 0.05) is 32.2 Å². The van der Waals surface area contributed by atoms with Crippen LogP contribution in [0.4, 0.5) is 0 Å². The predicted molar refractivity (Wildman–Crippen MR) is 100.0 cm³/mol. The van der Waals surface area contributed by atoms with E-state index in [-0.39, 0.29) is 30.7 Å². The Balaban J connectivity index is 0.00000144.